The van der Waals surface area contributed by atoms with E-state index in [0.29, 0.717) is 5.75 Å². The normalized spacial score (nSPS) is 14.5. The maximum absolute atomic E-state index is 12.7. The first-order valence-electron chi connectivity index (χ1n) is 8.30. The van der Waals surface area contributed by atoms with Gasteiger partial charge in [0.2, 0.25) is 0 Å². The second kappa shape index (κ2) is 6.69. The third-order valence-electron chi connectivity index (χ3n) is 4.50. The van der Waals surface area contributed by atoms with Crippen LogP contribution in [0.4, 0.5) is 0 Å². The molecule has 0 aliphatic carbocycles. The van der Waals surface area contributed by atoms with Crippen LogP contribution < -0.4 is 0 Å². The van der Waals surface area contributed by atoms with E-state index in [1.54, 1.807) is 11.3 Å². The number of aromatic nitrogens is 3. The molecule has 0 atom stereocenters. The minimum atomic E-state index is 0.185. The lowest BCUT2D eigenvalue weighted by molar-refractivity contribution is 0.102. The fourth-order valence-electron chi connectivity index (χ4n) is 3.20. The van der Waals surface area contributed by atoms with Crippen molar-refractivity contribution in [2.75, 3.05) is 5.75 Å². The molecule has 0 radical (unpaired) electrons. The van der Waals surface area contributed by atoms with Crippen molar-refractivity contribution in [2.24, 2.45) is 0 Å². The van der Waals surface area contributed by atoms with Crippen molar-refractivity contribution in [1.29, 1.82) is 0 Å². The number of nitrogens with zero attached hydrogens (tertiary/aromatic N) is 3. The number of rotatable bonds is 4. The lowest BCUT2D eigenvalue weighted by Crippen LogP contribution is -2.06. The fraction of sp³-hybridized carbons (Fsp3) is 0.389. The predicted molar refractivity (Wildman–Crippen MR) is 99.2 cm³/mol. The molecule has 0 fully saturated rings. The highest BCUT2D eigenvalue weighted by molar-refractivity contribution is 7.99. The number of fused-ring (bicyclic) bond motifs is 2. The standard InChI is InChI=1S/C18H19N3OS2/c1-12-13-7-4-5-8-15(13)24-17(12)14(22)11-23-18-20-19-16-9-3-2-6-10-21(16)18/h4-5,7-8H,2-3,6,9-11H2,1H3. The monoisotopic (exact) mass is 357 g/mol. The summed E-state index contributed by atoms with van der Waals surface area (Å²) < 4.78 is 3.38. The molecule has 1 aliphatic rings. The number of aryl methyl sites for hydroxylation is 2. The van der Waals surface area contributed by atoms with Gasteiger partial charge in [-0.05, 0) is 36.8 Å². The number of carbonyl (C=O) groups is 1. The quantitative estimate of drug-likeness (QED) is 0.509. The van der Waals surface area contributed by atoms with E-state index in [2.05, 4.69) is 26.9 Å². The maximum Gasteiger partial charge on any atom is 0.191 e. The van der Waals surface area contributed by atoms with E-state index in [0.717, 1.165) is 34.4 Å². The summed E-state index contributed by atoms with van der Waals surface area (Å²) in [7, 11) is 0. The van der Waals surface area contributed by atoms with Gasteiger partial charge in [0.25, 0.3) is 0 Å². The number of carbonyl (C=O) groups excluding carboxylic acids is 1. The molecule has 0 N–H and O–H groups in total. The Labute approximate surface area is 149 Å². The van der Waals surface area contributed by atoms with Gasteiger partial charge in [-0.1, -0.05) is 36.4 Å². The van der Waals surface area contributed by atoms with Gasteiger partial charge in [-0.3, -0.25) is 4.79 Å². The maximum atomic E-state index is 12.7. The highest BCUT2D eigenvalue weighted by atomic mass is 32.2. The molecule has 2 aromatic heterocycles. The van der Waals surface area contributed by atoms with Crippen molar-refractivity contribution in [2.45, 2.75) is 44.3 Å². The van der Waals surface area contributed by atoms with Crippen LogP contribution in [0.5, 0.6) is 0 Å². The van der Waals surface area contributed by atoms with E-state index in [9.17, 15) is 4.79 Å². The van der Waals surface area contributed by atoms with Crippen LogP contribution in [0.1, 0.15) is 40.3 Å². The molecular formula is C18H19N3OS2. The summed E-state index contributed by atoms with van der Waals surface area (Å²) in [5.74, 6) is 1.68. The van der Waals surface area contributed by atoms with Crippen LogP contribution in [0, 0.1) is 6.92 Å². The second-order valence-corrected chi connectivity index (χ2v) is 8.12. The van der Waals surface area contributed by atoms with Gasteiger partial charge in [-0.25, -0.2) is 0 Å². The van der Waals surface area contributed by atoms with Gasteiger partial charge in [0.15, 0.2) is 10.9 Å². The first-order chi connectivity index (χ1) is 11.7. The summed E-state index contributed by atoms with van der Waals surface area (Å²) in [6.45, 7) is 3.01. The van der Waals surface area contributed by atoms with Gasteiger partial charge >= 0.3 is 0 Å². The van der Waals surface area contributed by atoms with E-state index in [4.69, 9.17) is 0 Å². The molecule has 3 heterocycles. The smallest absolute Gasteiger partial charge is 0.191 e. The Kier molecular flexibility index (Phi) is 4.41. The van der Waals surface area contributed by atoms with Crippen molar-refractivity contribution in [3.05, 3.63) is 40.5 Å². The Morgan fingerprint density at radius 3 is 3.00 bits per heavy atom. The van der Waals surface area contributed by atoms with E-state index in [1.807, 2.05) is 19.1 Å². The number of thiophene rings is 1. The number of benzene rings is 1. The van der Waals surface area contributed by atoms with E-state index in [-0.39, 0.29) is 5.78 Å². The molecular weight excluding hydrogens is 338 g/mol. The molecule has 124 valence electrons. The largest absolute Gasteiger partial charge is 0.306 e. The van der Waals surface area contributed by atoms with Crippen molar-refractivity contribution in [3.63, 3.8) is 0 Å². The van der Waals surface area contributed by atoms with Crippen LogP contribution >= 0.6 is 23.1 Å². The lowest BCUT2D eigenvalue weighted by atomic mass is 10.1. The van der Waals surface area contributed by atoms with Crippen molar-refractivity contribution >= 4 is 39.0 Å². The molecule has 24 heavy (non-hydrogen) atoms. The minimum absolute atomic E-state index is 0.185. The Bertz CT molecular complexity index is 897. The molecule has 4 rings (SSSR count). The number of hydrogen-bond donors (Lipinski definition) is 0. The van der Waals surface area contributed by atoms with Crippen LogP contribution in [0.3, 0.4) is 0 Å². The summed E-state index contributed by atoms with van der Waals surface area (Å²) >= 11 is 3.11. The average Bonchev–Trinajstić information content (AvgIpc) is 3.05. The minimum Gasteiger partial charge on any atom is -0.306 e. The molecule has 0 unspecified atom stereocenters. The fourth-order valence-corrected chi connectivity index (χ4v) is 5.29. The SMILES string of the molecule is Cc1c(C(=O)CSc2nnc3n2CCCCC3)sc2ccccc12. The molecule has 0 amide bonds. The Morgan fingerprint density at radius 2 is 2.12 bits per heavy atom. The number of Topliss-reactive ketones (excluding diaryl/α,β-unsaturated/α-hetero) is 1. The van der Waals surface area contributed by atoms with Crippen LogP contribution in [-0.4, -0.2) is 26.3 Å². The summed E-state index contributed by atoms with van der Waals surface area (Å²) in [6.07, 6.45) is 4.59. The topological polar surface area (TPSA) is 47.8 Å². The molecule has 0 spiro atoms. The Morgan fingerprint density at radius 1 is 1.25 bits per heavy atom. The first-order valence-corrected chi connectivity index (χ1v) is 10.1. The summed E-state index contributed by atoms with van der Waals surface area (Å²) in [6, 6.07) is 8.21. The van der Waals surface area contributed by atoms with Gasteiger partial charge in [-0.15, -0.1) is 21.5 Å². The molecule has 0 saturated heterocycles. The highest BCUT2D eigenvalue weighted by Crippen LogP contribution is 2.32. The summed E-state index contributed by atoms with van der Waals surface area (Å²) in [5.41, 5.74) is 1.10. The Balaban J connectivity index is 1.52. The zero-order chi connectivity index (χ0) is 16.5. The number of hydrogen-bond acceptors (Lipinski definition) is 5. The first kappa shape index (κ1) is 15.8. The van der Waals surface area contributed by atoms with Crippen molar-refractivity contribution in [3.8, 4) is 0 Å². The number of thioether (sulfide) groups is 1. The van der Waals surface area contributed by atoms with Gasteiger partial charge in [0, 0.05) is 17.7 Å². The van der Waals surface area contributed by atoms with Crippen LogP contribution in [0.25, 0.3) is 10.1 Å². The molecule has 0 saturated carbocycles. The van der Waals surface area contributed by atoms with Crippen LogP contribution in [0.2, 0.25) is 0 Å². The highest BCUT2D eigenvalue weighted by Gasteiger charge is 2.19. The van der Waals surface area contributed by atoms with Crippen LogP contribution in [0.15, 0.2) is 29.4 Å². The van der Waals surface area contributed by atoms with E-state index < -0.39 is 0 Å². The molecule has 4 nitrogen and oxygen atoms in total. The zero-order valence-corrected chi connectivity index (χ0v) is 15.3. The van der Waals surface area contributed by atoms with Gasteiger partial charge in [0.1, 0.15) is 5.82 Å². The Hall–Kier alpha value is -1.66. The zero-order valence-electron chi connectivity index (χ0n) is 13.6. The lowest BCUT2D eigenvalue weighted by Gasteiger charge is -2.05. The van der Waals surface area contributed by atoms with E-state index in [1.165, 1.54) is 41.1 Å². The molecule has 1 aromatic carbocycles. The third-order valence-corrected chi connectivity index (χ3v) is 6.79. The van der Waals surface area contributed by atoms with Crippen LogP contribution in [-0.2, 0) is 13.0 Å². The average molecular weight is 358 g/mol. The summed E-state index contributed by atoms with van der Waals surface area (Å²) in [4.78, 5) is 13.6. The summed E-state index contributed by atoms with van der Waals surface area (Å²) in [5, 5.41) is 10.7. The molecule has 6 heteroatoms. The third kappa shape index (κ3) is 2.89. The molecule has 1 aliphatic heterocycles. The number of ketones is 1. The molecule has 0 bridgehead atoms. The van der Waals surface area contributed by atoms with Crippen molar-refractivity contribution in [1.82, 2.24) is 14.8 Å². The van der Waals surface area contributed by atoms with Gasteiger partial charge in [-0.2, -0.15) is 0 Å². The second-order valence-electron chi connectivity index (χ2n) is 6.13. The predicted octanol–water partition coefficient (Wildman–Crippen LogP) is 4.50. The van der Waals surface area contributed by atoms with Gasteiger partial charge < -0.3 is 4.57 Å². The van der Waals surface area contributed by atoms with Crippen molar-refractivity contribution < 1.29 is 4.79 Å². The van der Waals surface area contributed by atoms with E-state index >= 15 is 0 Å². The molecule has 3 aromatic rings. The van der Waals surface area contributed by atoms with Gasteiger partial charge in [0.05, 0.1) is 10.6 Å².